The largest absolute Gasteiger partial charge is 0.389 e. The Kier molecular flexibility index (Phi) is 3.13. The molecule has 0 saturated carbocycles. The van der Waals surface area contributed by atoms with E-state index in [1.807, 2.05) is 4.90 Å². The fourth-order valence-electron chi connectivity index (χ4n) is 2.24. The molecular weight excluding hydrogens is 220 g/mol. The summed E-state index contributed by atoms with van der Waals surface area (Å²) in [6.07, 6.45) is 0.716. The summed E-state index contributed by atoms with van der Waals surface area (Å²) in [5.74, 6) is 0. The van der Waals surface area contributed by atoms with Crippen molar-refractivity contribution in [2.24, 2.45) is 0 Å². The summed E-state index contributed by atoms with van der Waals surface area (Å²) in [7, 11) is 0. The van der Waals surface area contributed by atoms with Crippen molar-refractivity contribution in [2.45, 2.75) is 25.5 Å². The Morgan fingerprint density at radius 2 is 2.24 bits per heavy atom. The standard InChI is InChI=1S/C12H16N2O3/c1-12(15)6-7-13(9-12)8-10-4-2-3-5-11(10)14(16)17/h2-5,15H,6-9H2,1H3. The lowest BCUT2D eigenvalue weighted by molar-refractivity contribution is -0.385. The van der Waals surface area contributed by atoms with Crippen LogP contribution in [-0.2, 0) is 6.54 Å². The molecule has 1 aliphatic heterocycles. The Morgan fingerprint density at radius 3 is 2.82 bits per heavy atom. The SMILES string of the molecule is CC1(O)CCN(Cc2ccccc2[N+](=O)[O-])C1. The van der Waals surface area contributed by atoms with Crippen molar-refractivity contribution in [3.05, 3.63) is 39.9 Å². The number of nitrogens with zero attached hydrogens (tertiary/aromatic N) is 2. The van der Waals surface area contributed by atoms with Crippen LogP contribution in [0.2, 0.25) is 0 Å². The summed E-state index contributed by atoms with van der Waals surface area (Å²) in [5, 5.41) is 20.7. The summed E-state index contributed by atoms with van der Waals surface area (Å²) >= 11 is 0. The van der Waals surface area contributed by atoms with E-state index in [1.54, 1.807) is 25.1 Å². The zero-order valence-corrected chi connectivity index (χ0v) is 9.80. The zero-order valence-electron chi connectivity index (χ0n) is 9.80. The van der Waals surface area contributed by atoms with Gasteiger partial charge in [0.25, 0.3) is 5.69 Å². The van der Waals surface area contributed by atoms with Crippen molar-refractivity contribution >= 4 is 5.69 Å². The predicted octanol–water partition coefficient (Wildman–Crippen LogP) is 1.55. The van der Waals surface area contributed by atoms with E-state index in [9.17, 15) is 15.2 Å². The van der Waals surface area contributed by atoms with E-state index >= 15 is 0 Å². The molecule has 2 rings (SSSR count). The topological polar surface area (TPSA) is 66.6 Å². The quantitative estimate of drug-likeness (QED) is 0.638. The third kappa shape index (κ3) is 2.81. The highest BCUT2D eigenvalue weighted by atomic mass is 16.6. The van der Waals surface area contributed by atoms with Crippen LogP contribution in [0.25, 0.3) is 0 Å². The minimum absolute atomic E-state index is 0.152. The Balaban J connectivity index is 2.12. The zero-order chi connectivity index (χ0) is 12.5. The van der Waals surface area contributed by atoms with Gasteiger partial charge < -0.3 is 5.11 Å². The van der Waals surface area contributed by atoms with E-state index in [4.69, 9.17) is 0 Å². The maximum absolute atomic E-state index is 10.9. The average Bonchev–Trinajstić information content (AvgIpc) is 2.58. The molecule has 17 heavy (non-hydrogen) atoms. The first-order valence-corrected chi connectivity index (χ1v) is 5.65. The van der Waals surface area contributed by atoms with Crippen molar-refractivity contribution in [3.8, 4) is 0 Å². The number of β-amino-alcohol motifs (C(OH)–C–C–N with tert-alkyl or cyclic N) is 1. The molecule has 1 N–H and O–H groups in total. The summed E-state index contributed by atoms with van der Waals surface area (Å²) in [6, 6.07) is 6.76. The van der Waals surface area contributed by atoms with E-state index in [-0.39, 0.29) is 10.6 Å². The number of hydrogen-bond donors (Lipinski definition) is 1. The van der Waals surface area contributed by atoms with Gasteiger partial charge in [-0.15, -0.1) is 0 Å². The number of para-hydroxylation sites is 1. The minimum Gasteiger partial charge on any atom is -0.389 e. The summed E-state index contributed by atoms with van der Waals surface area (Å²) in [5.41, 5.74) is 0.193. The molecule has 1 aromatic carbocycles. The normalized spacial score (nSPS) is 25.1. The molecule has 1 aliphatic rings. The Bertz CT molecular complexity index is 432. The highest BCUT2D eigenvalue weighted by molar-refractivity contribution is 5.39. The van der Waals surface area contributed by atoms with Crippen LogP contribution in [0.4, 0.5) is 5.69 Å². The lowest BCUT2D eigenvalue weighted by Gasteiger charge is -2.18. The van der Waals surface area contributed by atoms with Crippen LogP contribution in [0, 0.1) is 10.1 Å². The van der Waals surface area contributed by atoms with Gasteiger partial charge in [0.1, 0.15) is 0 Å². The van der Waals surface area contributed by atoms with Gasteiger partial charge in [-0.2, -0.15) is 0 Å². The van der Waals surface area contributed by atoms with E-state index in [0.29, 0.717) is 25.1 Å². The van der Waals surface area contributed by atoms with Crippen LogP contribution in [0.15, 0.2) is 24.3 Å². The second-order valence-corrected chi connectivity index (χ2v) is 4.84. The van der Waals surface area contributed by atoms with E-state index in [1.165, 1.54) is 6.07 Å². The van der Waals surface area contributed by atoms with Crippen LogP contribution < -0.4 is 0 Å². The van der Waals surface area contributed by atoms with Crippen LogP contribution >= 0.6 is 0 Å². The molecular formula is C12H16N2O3. The number of hydrogen-bond acceptors (Lipinski definition) is 4. The van der Waals surface area contributed by atoms with Gasteiger partial charge in [0.2, 0.25) is 0 Å². The van der Waals surface area contributed by atoms with Gasteiger partial charge in [0, 0.05) is 31.3 Å². The van der Waals surface area contributed by atoms with Crippen molar-refractivity contribution in [1.29, 1.82) is 0 Å². The van der Waals surface area contributed by atoms with Crippen molar-refractivity contribution in [3.63, 3.8) is 0 Å². The molecule has 1 atom stereocenters. The molecule has 5 heteroatoms. The number of rotatable bonds is 3. The molecule has 0 spiro atoms. The number of benzene rings is 1. The van der Waals surface area contributed by atoms with Crippen molar-refractivity contribution in [1.82, 2.24) is 4.90 Å². The predicted molar refractivity (Wildman–Crippen MR) is 63.6 cm³/mol. The van der Waals surface area contributed by atoms with Gasteiger partial charge in [-0.05, 0) is 13.3 Å². The molecule has 1 aromatic rings. The summed E-state index contributed by atoms with van der Waals surface area (Å²) in [4.78, 5) is 12.5. The first kappa shape index (κ1) is 12.0. The second-order valence-electron chi connectivity index (χ2n) is 4.84. The molecule has 92 valence electrons. The molecule has 5 nitrogen and oxygen atoms in total. The smallest absolute Gasteiger partial charge is 0.273 e. The van der Waals surface area contributed by atoms with E-state index in [0.717, 1.165) is 6.54 Å². The second kappa shape index (κ2) is 4.43. The van der Waals surface area contributed by atoms with E-state index in [2.05, 4.69) is 0 Å². The molecule has 0 amide bonds. The maximum atomic E-state index is 10.9. The lowest BCUT2D eigenvalue weighted by Crippen LogP contribution is -2.29. The summed E-state index contributed by atoms with van der Waals surface area (Å²) in [6.45, 7) is 3.66. The summed E-state index contributed by atoms with van der Waals surface area (Å²) < 4.78 is 0. The first-order valence-electron chi connectivity index (χ1n) is 5.65. The van der Waals surface area contributed by atoms with Crippen LogP contribution in [0.5, 0.6) is 0 Å². The molecule has 1 saturated heterocycles. The first-order chi connectivity index (χ1) is 7.98. The number of nitro benzene ring substituents is 1. The Morgan fingerprint density at radius 1 is 1.53 bits per heavy atom. The monoisotopic (exact) mass is 236 g/mol. The maximum Gasteiger partial charge on any atom is 0.273 e. The molecule has 1 unspecified atom stereocenters. The van der Waals surface area contributed by atoms with Crippen LogP contribution in [-0.4, -0.2) is 33.6 Å². The third-order valence-corrected chi connectivity index (χ3v) is 3.11. The fraction of sp³-hybridized carbons (Fsp3) is 0.500. The number of nitro groups is 1. The number of aliphatic hydroxyl groups is 1. The van der Waals surface area contributed by atoms with Gasteiger partial charge in [-0.25, -0.2) is 0 Å². The molecule has 0 radical (unpaired) electrons. The van der Waals surface area contributed by atoms with Gasteiger partial charge >= 0.3 is 0 Å². The van der Waals surface area contributed by atoms with Gasteiger partial charge in [-0.1, -0.05) is 18.2 Å². The number of likely N-dealkylation sites (tertiary alicyclic amines) is 1. The van der Waals surface area contributed by atoms with Crippen LogP contribution in [0.3, 0.4) is 0 Å². The average molecular weight is 236 g/mol. The van der Waals surface area contributed by atoms with Crippen LogP contribution in [0.1, 0.15) is 18.9 Å². The molecule has 0 aromatic heterocycles. The van der Waals surface area contributed by atoms with Crippen molar-refractivity contribution in [2.75, 3.05) is 13.1 Å². The van der Waals surface area contributed by atoms with Gasteiger partial charge in [0.15, 0.2) is 0 Å². The van der Waals surface area contributed by atoms with Crippen molar-refractivity contribution < 1.29 is 10.0 Å². The highest BCUT2D eigenvalue weighted by Gasteiger charge is 2.31. The van der Waals surface area contributed by atoms with Gasteiger partial charge in [-0.3, -0.25) is 15.0 Å². The minimum atomic E-state index is -0.663. The Hall–Kier alpha value is -1.46. The lowest BCUT2D eigenvalue weighted by atomic mass is 10.1. The molecule has 1 heterocycles. The molecule has 1 fully saturated rings. The van der Waals surface area contributed by atoms with E-state index < -0.39 is 5.60 Å². The Labute approximate surface area is 99.8 Å². The molecule has 0 bridgehead atoms. The third-order valence-electron chi connectivity index (χ3n) is 3.11. The highest BCUT2D eigenvalue weighted by Crippen LogP contribution is 2.25. The van der Waals surface area contributed by atoms with Gasteiger partial charge in [0.05, 0.1) is 10.5 Å². The molecule has 0 aliphatic carbocycles. The fourth-order valence-corrected chi connectivity index (χ4v) is 2.24.